The molecule has 0 saturated heterocycles. The van der Waals surface area contributed by atoms with Gasteiger partial charge in [-0.15, -0.1) is 0 Å². The van der Waals surface area contributed by atoms with Crippen LogP contribution in [0.3, 0.4) is 0 Å². The van der Waals surface area contributed by atoms with E-state index >= 15 is 0 Å². The summed E-state index contributed by atoms with van der Waals surface area (Å²) in [4.78, 5) is 12.7. The summed E-state index contributed by atoms with van der Waals surface area (Å²) in [5, 5.41) is 12.6. The first-order valence-electron chi connectivity index (χ1n) is 11.3. The molecule has 0 unspecified atom stereocenters. The minimum absolute atomic E-state index is 0.0696. The molecule has 10 heteroatoms. The maximum atomic E-state index is 13.5. The van der Waals surface area contributed by atoms with E-state index < -0.39 is 15.9 Å². The van der Waals surface area contributed by atoms with Gasteiger partial charge in [0, 0.05) is 27.8 Å². The largest absolute Gasteiger partial charge is 0.460 e. The fourth-order valence-electron chi connectivity index (χ4n) is 3.55. The standard InChI is InChI=1S/C28H21BrClN3O4S/c29-22-7-4-8-24(16-22)32-28(34)21(17-31)15-25-11-12-26(37-25)19-33(18-20-5-2-1-3-6-20)38(35,36)27-13-9-23(30)10-14-27/h1-16H,18-19H2,(H,32,34)/b21-15-. The van der Waals surface area contributed by atoms with Gasteiger partial charge >= 0.3 is 0 Å². The maximum absolute atomic E-state index is 13.5. The van der Waals surface area contributed by atoms with Crippen LogP contribution < -0.4 is 5.32 Å². The Hall–Kier alpha value is -3.68. The van der Waals surface area contributed by atoms with Crippen molar-refractivity contribution in [2.75, 3.05) is 5.32 Å². The van der Waals surface area contributed by atoms with Crippen LogP contribution in [-0.2, 0) is 27.9 Å². The van der Waals surface area contributed by atoms with E-state index in [1.165, 1.54) is 34.6 Å². The number of furan rings is 1. The van der Waals surface area contributed by atoms with Gasteiger partial charge in [-0.25, -0.2) is 8.42 Å². The van der Waals surface area contributed by atoms with Gasteiger partial charge in [-0.3, -0.25) is 4.79 Å². The predicted molar refractivity (Wildman–Crippen MR) is 149 cm³/mol. The van der Waals surface area contributed by atoms with Gasteiger partial charge in [-0.2, -0.15) is 9.57 Å². The van der Waals surface area contributed by atoms with Crippen LogP contribution in [0.4, 0.5) is 5.69 Å². The highest BCUT2D eigenvalue weighted by Crippen LogP contribution is 2.24. The van der Waals surface area contributed by atoms with Crippen LogP contribution >= 0.6 is 27.5 Å². The van der Waals surface area contributed by atoms with Gasteiger partial charge in [0.25, 0.3) is 5.91 Å². The van der Waals surface area contributed by atoms with Crippen LogP contribution in [0.15, 0.2) is 110 Å². The van der Waals surface area contributed by atoms with Crippen molar-refractivity contribution in [3.8, 4) is 6.07 Å². The summed E-state index contributed by atoms with van der Waals surface area (Å²) in [5.74, 6) is -0.0153. The number of anilines is 1. The average Bonchev–Trinajstić information content (AvgIpc) is 3.34. The molecule has 1 N–H and O–H groups in total. The summed E-state index contributed by atoms with van der Waals surface area (Å²) in [6.45, 7) is 0.0377. The van der Waals surface area contributed by atoms with Crippen molar-refractivity contribution in [3.63, 3.8) is 0 Å². The van der Waals surface area contributed by atoms with Crippen LogP contribution in [0.25, 0.3) is 6.08 Å². The van der Waals surface area contributed by atoms with Crippen LogP contribution in [0.5, 0.6) is 0 Å². The SMILES string of the molecule is N#C/C(=C/c1ccc(CN(Cc2ccccc2)S(=O)(=O)c2ccc(Cl)cc2)o1)C(=O)Nc1cccc(Br)c1. The molecule has 1 aromatic heterocycles. The van der Waals surface area contributed by atoms with Crippen LogP contribution in [0.2, 0.25) is 5.02 Å². The number of nitrogens with one attached hydrogen (secondary N) is 1. The second kappa shape index (κ2) is 12.2. The molecule has 0 bridgehead atoms. The summed E-state index contributed by atoms with van der Waals surface area (Å²) in [6, 6.07) is 27.2. The number of halogens is 2. The molecule has 0 atom stereocenters. The predicted octanol–water partition coefficient (Wildman–Crippen LogP) is 6.63. The molecule has 1 amide bonds. The number of hydrogen-bond donors (Lipinski definition) is 1. The minimum Gasteiger partial charge on any atom is -0.460 e. The first kappa shape index (κ1) is 27.4. The van der Waals surface area contributed by atoms with E-state index in [4.69, 9.17) is 16.0 Å². The van der Waals surface area contributed by atoms with Crippen molar-refractivity contribution < 1.29 is 17.6 Å². The molecule has 0 fully saturated rings. The Morgan fingerprint density at radius 1 is 1.00 bits per heavy atom. The molecule has 38 heavy (non-hydrogen) atoms. The van der Waals surface area contributed by atoms with E-state index in [1.54, 1.807) is 30.3 Å². The van der Waals surface area contributed by atoms with Gasteiger partial charge < -0.3 is 9.73 Å². The van der Waals surface area contributed by atoms with Gasteiger partial charge in [0.15, 0.2) is 0 Å². The number of amides is 1. The lowest BCUT2D eigenvalue weighted by atomic mass is 10.2. The third-order valence-corrected chi connectivity index (χ3v) is 7.95. The summed E-state index contributed by atoms with van der Waals surface area (Å²) in [7, 11) is -3.91. The molecule has 0 aliphatic rings. The van der Waals surface area contributed by atoms with E-state index in [-0.39, 0.29) is 29.3 Å². The third-order valence-electron chi connectivity index (χ3n) is 5.40. The number of nitriles is 1. The number of hydrogen-bond acceptors (Lipinski definition) is 5. The average molecular weight is 611 g/mol. The summed E-state index contributed by atoms with van der Waals surface area (Å²) in [6.07, 6.45) is 1.31. The number of sulfonamides is 1. The molecular weight excluding hydrogens is 590 g/mol. The molecule has 0 aliphatic heterocycles. The first-order chi connectivity index (χ1) is 18.2. The van der Waals surface area contributed by atoms with Crippen LogP contribution in [0, 0.1) is 11.3 Å². The Bertz CT molecular complexity index is 1610. The molecule has 1 heterocycles. The number of rotatable bonds is 9. The van der Waals surface area contributed by atoms with Crippen molar-refractivity contribution in [2.24, 2.45) is 0 Å². The Labute approximate surface area is 234 Å². The summed E-state index contributed by atoms with van der Waals surface area (Å²) in [5.41, 5.74) is 1.16. The highest BCUT2D eigenvalue weighted by Gasteiger charge is 2.26. The van der Waals surface area contributed by atoms with Crippen molar-refractivity contribution in [1.29, 1.82) is 5.26 Å². The Kier molecular flexibility index (Phi) is 8.81. The van der Waals surface area contributed by atoms with Gasteiger partial charge in [0.1, 0.15) is 23.2 Å². The third kappa shape index (κ3) is 7.00. The van der Waals surface area contributed by atoms with E-state index in [2.05, 4.69) is 21.2 Å². The molecule has 0 spiro atoms. The molecular formula is C28H21BrClN3O4S. The molecule has 4 aromatic rings. The molecule has 0 radical (unpaired) electrons. The minimum atomic E-state index is -3.91. The second-order valence-corrected chi connectivity index (χ2v) is 11.4. The fourth-order valence-corrected chi connectivity index (χ4v) is 5.47. The van der Waals surface area contributed by atoms with Gasteiger partial charge in [-0.05, 0) is 60.2 Å². The smallest absolute Gasteiger partial charge is 0.266 e. The highest BCUT2D eigenvalue weighted by molar-refractivity contribution is 9.10. The number of nitrogens with zero attached hydrogens (tertiary/aromatic N) is 2. The number of benzene rings is 3. The van der Waals surface area contributed by atoms with Crippen LogP contribution in [-0.4, -0.2) is 18.6 Å². The van der Waals surface area contributed by atoms with Crippen LogP contribution in [0.1, 0.15) is 17.1 Å². The number of carbonyl (C=O) groups excluding carboxylic acids is 1. The van der Waals surface area contributed by atoms with Gasteiger partial charge in [0.2, 0.25) is 10.0 Å². The van der Waals surface area contributed by atoms with Gasteiger partial charge in [0.05, 0.1) is 11.4 Å². The summed E-state index contributed by atoms with van der Waals surface area (Å²) >= 11 is 9.29. The fraction of sp³-hybridized carbons (Fsp3) is 0.0714. The normalized spacial score (nSPS) is 11.8. The molecule has 4 rings (SSSR count). The molecule has 0 saturated carbocycles. The highest BCUT2D eigenvalue weighted by atomic mass is 79.9. The number of carbonyl (C=O) groups is 1. The molecule has 3 aromatic carbocycles. The van der Waals surface area contributed by atoms with Crippen molar-refractivity contribution in [2.45, 2.75) is 18.0 Å². The first-order valence-corrected chi connectivity index (χ1v) is 13.9. The Morgan fingerprint density at radius 3 is 2.42 bits per heavy atom. The maximum Gasteiger partial charge on any atom is 0.266 e. The molecule has 7 nitrogen and oxygen atoms in total. The van der Waals surface area contributed by atoms with E-state index in [0.29, 0.717) is 16.5 Å². The zero-order chi connectivity index (χ0) is 27.1. The Morgan fingerprint density at radius 2 is 1.74 bits per heavy atom. The van der Waals surface area contributed by atoms with E-state index in [1.807, 2.05) is 42.5 Å². The van der Waals surface area contributed by atoms with E-state index in [0.717, 1.165) is 10.0 Å². The van der Waals surface area contributed by atoms with Crippen molar-refractivity contribution in [1.82, 2.24) is 4.31 Å². The lowest BCUT2D eigenvalue weighted by Gasteiger charge is -2.21. The second-order valence-electron chi connectivity index (χ2n) is 8.15. The zero-order valence-electron chi connectivity index (χ0n) is 19.8. The summed E-state index contributed by atoms with van der Waals surface area (Å²) < 4.78 is 34.9. The van der Waals surface area contributed by atoms with Gasteiger partial charge in [-0.1, -0.05) is 63.9 Å². The Balaban J connectivity index is 1.57. The quantitative estimate of drug-likeness (QED) is 0.169. The lowest BCUT2D eigenvalue weighted by Crippen LogP contribution is -2.30. The monoisotopic (exact) mass is 609 g/mol. The van der Waals surface area contributed by atoms with E-state index in [9.17, 15) is 18.5 Å². The zero-order valence-corrected chi connectivity index (χ0v) is 23.0. The topological polar surface area (TPSA) is 103 Å². The molecule has 0 aliphatic carbocycles. The molecule has 192 valence electrons. The lowest BCUT2D eigenvalue weighted by molar-refractivity contribution is -0.112. The van der Waals surface area contributed by atoms with Crippen molar-refractivity contribution in [3.05, 3.63) is 123 Å². The van der Waals surface area contributed by atoms with Crippen molar-refractivity contribution >= 4 is 55.2 Å².